The Bertz CT molecular complexity index is 614. The van der Waals surface area contributed by atoms with Crippen LogP contribution in [0.1, 0.15) is 12.0 Å². The summed E-state index contributed by atoms with van der Waals surface area (Å²) in [5, 5.41) is 4.29. The first-order valence-electron chi connectivity index (χ1n) is 5.64. The molecular formula is C14H10Br2ClN. The Balaban J connectivity index is 2.04. The molecule has 1 aromatic carbocycles. The molecule has 1 nitrogen and oxygen atoms in total. The molecule has 2 aliphatic rings. The fourth-order valence-electron chi connectivity index (χ4n) is 2.22. The van der Waals surface area contributed by atoms with Gasteiger partial charge in [-0.05, 0) is 29.3 Å². The predicted molar refractivity (Wildman–Crippen MR) is 84.1 cm³/mol. The molecule has 4 heteroatoms. The van der Waals surface area contributed by atoms with Crippen molar-refractivity contribution in [3.63, 3.8) is 0 Å². The molecule has 18 heavy (non-hydrogen) atoms. The van der Waals surface area contributed by atoms with Crippen LogP contribution in [0, 0.1) is 0 Å². The topological polar surface area (TPSA) is 12.0 Å². The summed E-state index contributed by atoms with van der Waals surface area (Å²) in [7, 11) is 0. The first kappa shape index (κ1) is 12.5. The van der Waals surface area contributed by atoms with Gasteiger partial charge >= 0.3 is 0 Å². The summed E-state index contributed by atoms with van der Waals surface area (Å²) >= 11 is 13.2. The average molecular weight is 388 g/mol. The average Bonchev–Trinajstić information content (AvgIpc) is 2.47. The van der Waals surface area contributed by atoms with Gasteiger partial charge in [0.15, 0.2) is 0 Å². The highest BCUT2D eigenvalue weighted by Crippen LogP contribution is 2.38. The summed E-state index contributed by atoms with van der Waals surface area (Å²) in [4.78, 5) is 0. The van der Waals surface area contributed by atoms with Crippen LogP contribution in [0.4, 0.5) is 5.69 Å². The second-order valence-electron chi connectivity index (χ2n) is 4.35. The van der Waals surface area contributed by atoms with Crippen LogP contribution in [-0.2, 0) is 6.42 Å². The van der Waals surface area contributed by atoms with Gasteiger partial charge in [-0.1, -0.05) is 55.6 Å². The number of allylic oxidation sites excluding steroid dienone is 5. The van der Waals surface area contributed by atoms with E-state index in [1.54, 1.807) is 0 Å². The van der Waals surface area contributed by atoms with Gasteiger partial charge in [-0.15, -0.1) is 0 Å². The van der Waals surface area contributed by atoms with E-state index in [0.29, 0.717) is 0 Å². The summed E-state index contributed by atoms with van der Waals surface area (Å²) < 4.78 is 2.16. The van der Waals surface area contributed by atoms with Crippen LogP contribution in [0.25, 0.3) is 0 Å². The van der Waals surface area contributed by atoms with Gasteiger partial charge in [0.1, 0.15) is 0 Å². The molecule has 0 spiro atoms. The molecule has 92 valence electrons. The molecule has 3 rings (SSSR count). The first-order chi connectivity index (χ1) is 8.63. The van der Waals surface area contributed by atoms with Gasteiger partial charge in [0.2, 0.25) is 0 Å². The molecule has 0 atom stereocenters. The summed E-state index contributed by atoms with van der Waals surface area (Å²) in [6, 6.07) is 6.34. The van der Waals surface area contributed by atoms with Crippen LogP contribution in [0.2, 0.25) is 0 Å². The van der Waals surface area contributed by atoms with Crippen LogP contribution in [0.15, 0.2) is 55.6 Å². The van der Waals surface area contributed by atoms with Crippen molar-refractivity contribution in [3.05, 3.63) is 61.2 Å². The van der Waals surface area contributed by atoms with Gasteiger partial charge < -0.3 is 5.32 Å². The fourth-order valence-corrected chi connectivity index (χ4v) is 3.53. The zero-order valence-electron chi connectivity index (χ0n) is 9.43. The minimum Gasteiger partial charge on any atom is -0.358 e. The lowest BCUT2D eigenvalue weighted by molar-refractivity contribution is 1.05. The van der Waals surface area contributed by atoms with E-state index in [9.17, 15) is 0 Å². The Morgan fingerprint density at radius 1 is 1.22 bits per heavy atom. The third-order valence-corrected chi connectivity index (χ3v) is 4.61. The molecule has 0 saturated carbocycles. The maximum atomic E-state index is 6.11. The summed E-state index contributed by atoms with van der Waals surface area (Å²) in [5.74, 6) is 0. The van der Waals surface area contributed by atoms with E-state index >= 15 is 0 Å². The molecule has 0 fully saturated rings. The van der Waals surface area contributed by atoms with Gasteiger partial charge in [0.05, 0.1) is 0 Å². The monoisotopic (exact) mass is 385 g/mol. The van der Waals surface area contributed by atoms with Crippen molar-refractivity contribution in [2.45, 2.75) is 12.8 Å². The number of halogens is 3. The molecule has 1 N–H and O–H groups in total. The minimum atomic E-state index is 0.781. The van der Waals surface area contributed by atoms with Crippen molar-refractivity contribution < 1.29 is 0 Å². The highest BCUT2D eigenvalue weighted by atomic mass is 79.9. The third-order valence-electron chi connectivity index (χ3n) is 3.14. The number of fused-ring (bicyclic) bond motifs is 1. The quantitative estimate of drug-likeness (QED) is 0.622. The molecule has 0 aromatic heterocycles. The number of nitrogens with one attached hydrogen (secondary N) is 1. The maximum Gasteiger partial charge on any atom is 0.0429 e. The fraction of sp³-hybridized carbons (Fsp3) is 0.143. The molecule has 0 unspecified atom stereocenters. The second-order valence-corrected chi connectivity index (χ2v) is 6.55. The molecule has 0 saturated heterocycles. The lowest BCUT2D eigenvalue weighted by Gasteiger charge is -2.24. The predicted octanol–water partition coefficient (Wildman–Crippen LogP) is 5.48. The number of hydrogen-bond donors (Lipinski definition) is 1. The number of anilines is 1. The van der Waals surface area contributed by atoms with Crippen molar-refractivity contribution in [2.75, 3.05) is 5.32 Å². The standard InChI is InChI=1S/C14H10Br2ClN/c15-9-2-1-8-5-11-12(16)7-10(17)3-4-13(11)18-14(8)6-9/h1-3,6-7,18H,4-5H2. The lowest BCUT2D eigenvalue weighted by atomic mass is 9.96. The van der Waals surface area contributed by atoms with Crippen molar-refractivity contribution in [2.24, 2.45) is 0 Å². The van der Waals surface area contributed by atoms with Gasteiger partial charge in [-0.3, -0.25) is 0 Å². The van der Waals surface area contributed by atoms with E-state index in [1.807, 2.05) is 12.2 Å². The van der Waals surface area contributed by atoms with Crippen LogP contribution < -0.4 is 5.32 Å². The van der Waals surface area contributed by atoms with E-state index in [0.717, 1.165) is 26.8 Å². The number of benzene rings is 1. The molecule has 0 radical (unpaired) electrons. The molecule has 1 aromatic rings. The molecule has 0 bridgehead atoms. The van der Waals surface area contributed by atoms with Crippen LogP contribution in [0.3, 0.4) is 0 Å². The zero-order valence-corrected chi connectivity index (χ0v) is 13.4. The Morgan fingerprint density at radius 2 is 2.06 bits per heavy atom. The van der Waals surface area contributed by atoms with E-state index in [4.69, 9.17) is 11.6 Å². The molecule has 1 heterocycles. The van der Waals surface area contributed by atoms with Crippen LogP contribution in [0.5, 0.6) is 0 Å². The van der Waals surface area contributed by atoms with Gasteiger partial charge in [0.25, 0.3) is 0 Å². The summed E-state index contributed by atoms with van der Waals surface area (Å²) in [5.41, 5.74) is 4.99. The lowest BCUT2D eigenvalue weighted by Crippen LogP contribution is -2.12. The number of hydrogen-bond acceptors (Lipinski definition) is 1. The third kappa shape index (κ3) is 2.31. The second kappa shape index (κ2) is 4.87. The Kier molecular flexibility index (Phi) is 3.39. The van der Waals surface area contributed by atoms with Crippen molar-refractivity contribution in [3.8, 4) is 0 Å². The van der Waals surface area contributed by atoms with Crippen molar-refractivity contribution in [1.29, 1.82) is 0 Å². The van der Waals surface area contributed by atoms with Gasteiger partial charge in [-0.2, -0.15) is 0 Å². The van der Waals surface area contributed by atoms with E-state index < -0.39 is 0 Å². The minimum absolute atomic E-state index is 0.781. The van der Waals surface area contributed by atoms with Crippen molar-refractivity contribution in [1.82, 2.24) is 0 Å². The maximum absolute atomic E-state index is 6.11. The normalized spacial score (nSPS) is 18.2. The SMILES string of the molecule is ClC1=CCC2=C(Cc3ccc(Br)cc3N2)C(Br)=C1. The van der Waals surface area contributed by atoms with Crippen molar-refractivity contribution >= 4 is 49.1 Å². The zero-order chi connectivity index (χ0) is 12.7. The van der Waals surface area contributed by atoms with Crippen LogP contribution >= 0.6 is 43.5 Å². The highest BCUT2D eigenvalue weighted by Gasteiger charge is 2.20. The first-order valence-corrected chi connectivity index (χ1v) is 7.60. The molecule has 1 aliphatic heterocycles. The summed E-state index contributed by atoms with van der Waals surface area (Å²) in [6.45, 7) is 0. The molecule has 1 aliphatic carbocycles. The van der Waals surface area contributed by atoms with Crippen LogP contribution in [-0.4, -0.2) is 0 Å². The number of rotatable bonds is 0. The molecular weight excluding hydrogens is 377 g/mol. The Hall–Kier alpha value is -0.510. The van der Waals surface area contributed by atoms with Gasteiger partial charge in [0, 0.05) is 38.2 Å². The van der Waals surface area contributed by atoms with Gasteiger partial charge in [-0.25, -0.2) is 0 Å². The largest absolute Gasteiger partial charge is 0.358 e. The Labute approximate surface area is 128 Å². The van der Waals surface area contributed by atoms with E-state index in [1.165, 1.54) is 22.5 Å². The molecule has 0 amide bonds. The van der Waals surface area contributed by atoms with E-state index in [-0.39, 0.29) is 0 Å². The summed E-state index contributed by atoms with van der Waals surface area (Å²) in [6.07, 6.45) is 5.77. The Morgan fingerprint density at radius 3 is 2.89 bits per heavy atom. The highest BCUT2D eigenvalue weighted by molar-refractivity contribution is 9.12. The van der Waals surface area contributed by atoms with E-state index in [2.05, 4.69) is 55.4 Å². The smallest absolute Gasteiger partial charge is 0.0429 e.